The minimum atomic E-state index is 0. The summed E-state index contributed by atoms with van der Waals surface area (Å²) >= 11 is 0. The normalized spacial score (nSPS) is 0. The molecule has 0 heterocycles. The molecule has 6 radical (unpaired) electrons. The number of rotatable bonds is 0. The van der Waals surface area contributed by atoms with Crippen molar-refractivity contribution in [2.45, 2.75) is 0 Å². The maximum Gasteiger partial charge on any atom is 3.00 e. The minimum absolute atomic E-state index is 0. The molecule has 0 amide bonds. The van der Waals surface area contributed by atoms with Crippen LogP contribution >= 0.6 is 0 Å². The van der Waals surface area contributed by atoms with Crippen molar-refractivity contribution in [1.82, 2.24) is 0 Å². The zero-order valence-electron chi connectivity index (χ0n) is 6.53. The van der Waals surface area contributed by atoms with E-state index in [0.717, 1.165) is 0 Å². The summed E-state index contributed by atoms with van der Waals surface area (Å²) in [6.07, 6.45) is 0. The second-order valence-electron chi connectivity index (χ2n) is 0. The Morgan fingerprint density at radius 1 is 0.462 bits per heavy atom. The van der Waals surface area contributed by atoms with Gasteiger partial charge in [-0.3, -0.25) is 0 Å². The molecule has 0 aliphatic heterocycles. The first-order valence-corrected chi connectivity index (χ1v) is 0. The molecule has 0 aliphatic rings. The molecule has 0 aliphatic carbocycles. The minimum Gasteiger partial charge on any atom is -2.00 e. The van der Waals surface area contributed by atoms with E-state index in [1.54, 1.807) is 0 Å². The third-order valence-corrected chi connectivity index (χ3v) is 0. The van der Waals surface area contributed by atoms with Crippen LogP contribution in [0.2, 0.25) is 0 Å². The van der Waals surface area contributed by atoms with Crippen LogP contribution in [0.25, 0.3) is 0 Å². The predicted octanol–water partition coefficient (Wildman–Crippen LogP) is -0.366. The van der Waals surface area contributed by atoms with Crippen molar-refractivity contribution in [2.24, 2.45) is 0 Å². The van der Waals surface area contributed by atoms with Crippen molar-refractivity contribution in [2.75, 3.05) is 0 Å². The van der Waals surface area contributed by atoms with E-state index in [4.69, 9.17) is 0 Å². The Labute approximate surface area is 357 Å². The van der Waals surface area contributed by atoms with Crippen molar-refractivity contribution >= 4 is 0 Å². The molecule has 0 N–H and O–H groups in total. The van der Waals surface area contributed by atoms with Crippen molar-refractivity contribution in [3.63, 3.8) is 0 Å². The fraction of sp³-hybridized carbons (Fsp3) is 0. The molecule has 3 nitrogen and oxygen atoms in total. The Hall–Kier alpha value is 11.7. The molecule has 0 aromatic heterocycles. The van der Waals surface area contributed by atoms with Gasteiger partial charge in [0.1, 0.15) is 0 Å². The first-order chi connectivity index (χ1) is 0. The predicted molar refractivity (Wildman–Crippen MR) is 2.06 cm³/mol. The maximum atomic E-state index is 0. The summed E-state index contributed by atoms with van der Waals surface area (Å²) in [6.45, 7) is 0. The van der Waals surface area contributed by atoms with Crippen LogP contribution in [0.5, 0.6) is 0 Å². The Morgan fingerprint density at radius 3 is 0.462 bits per heavy atom. The molecule has 0 atom stereocenters. The summed E-state index contributed by atoms with van der Waals surface area (Å²) in [6, 6.07) is 0. The van der Waals surface area contributed by atoms with Crippen LogP contribution in [-0.4, -0.2) is 0 Å². The van der Waals surface area contributed by atoms with Crippen LogP contribution < -0.4 is 0 Å². The number of hydrogen-bond acceptors (Lipinski definition) is 0. The van der Waals surface area contributed by atoms with Crippen LogP contribution in [-0.2, 0) is 134 Å². The second kappa shape index (κ2) is 89.2. The third-order valence-electron chi connectivity index (χ3n) is 0. The average molecular weight is 1250 g/mol. The molecule has 0 aromatic carbocycles. The summed E-state index contributed by atoms with van der Waals surface area (Å²) < 4.78 is 0. The van der Waals surface area contributed by atoms with Gasteiger partial charge in [0.05, 0.1) is 0 Å². The van der Waals surface area contributed by atoms with E-state index in [2.05, 4.69) is 0 Å². The van der Waals surface area contributed by atoms with Gasteiger partial charge in [0, 0.05) is 273 Å². The largest absolute Gasteiger partial charge is 3.00 e. The van der Waals surface area contributed by atoms with Gasteiger partial charge in [-0.15, -0.1) is 0 Å². The molecule has 13 heavy (non-hydrogen) atoms. The molecule has 0 rings (SSSR count). The van der Waals surface area contributed by atoms with E-state index < -0.39 is 0 Å². The van der Waals surface area contributed by atoms with Gasteiger partial charge in [0.15, 0.2) is 0 Å². The van der Waals surface area contributed by atoms with Gasteiger partial charge < -0.3 is 16.4 Å². The van der Waals surface area contributed by atoms with Crippen LogP contribution in [0, 0.1) is 236 Å². The van der Waals surface area contributed by atoms with Crippen molar-refractivity contribution < 1.29 is 371 Å². The molecule has 0 saturated carbocycles. The van der Waals surface area contributed by atoms with Crippen LogP contribution in [0.3, 0.4) is 0 Å². The van der Waals surface area contributed by atoms with E-state index in [-0.39, 0.29) is 371 Å². The topological polar surface area (TPSA) is 85.5 Å². The molecule has 54 valence electrons. The van der Waals surface area contributed by atoms with E-state index >= 15 is 0 Å². The molecule has 0 spiro atoms. The molecule has 13 heteroatoms. The monoisotopic (exact) mass is 1250 g/mol. The molecule has 0 aromatic rings. The smallest absolute Gasteiger partial charge is 2.00 e. The Morgan fingerprint density at radius 2 is 0.462 bits per heavy atom. The quantitative estimate of drug-likeness (QED) is 0.318. The second-order valence-corrected chi connectivity index (χ2v) is 0. The van der Waals surface area contributed by atoms with Gasteiger partial charge in [-0.25, -0.2) is 0 Å². The van der Waals surface area contributed by atoms with Crippen molar-refractivity contribution in [3.05, 3.63) is 0 Å². The Bertz CT molecular complexity index is 33.4. The summed E-state index contributed by atoms with van der Waals surface area (Å²) in [7, 11) is 0. The van der Waals surface area contributed by atoms with Crippen LogP contribution in [0.15, 0.2) is 0 Å². The van der Waals surface area contributed by atoms with Gasteiger partial charge in [-0.1, -0.05) is 0 Å². The fourth-order valence-corrected chi connectivity index (χ4v) is 0. The van der Waals surface area contributed by atoms with Gasteiger partial charge in [0.25, 0.3) is 0 Å². The van der Waals surface area contributed by atoms with E-state index in [0.29, 0.717) is 0 Å². The fourth-order valence-electron chi connectivity index (χ4n) is 0. The van der Waals surface area contributed by atoms with Crippen molar-refractivity contribution in [1.29, 1.82) is 0 Å². The van der Waals surface area contributed by atoms with Crippen LogP contribution in [0.4, 0.5) is 0 Å². The van der Waals surface area contributed by atoms with E-state index in [1.807, 2.05) is 0 Å². The summed E-state index contributed by atoms with van der Waals surface area (Å²) in [5, 5.41) is 0. The maximum absolute atomic E-state index is 0. The molecule has 0 bridgehead atoms. The third kappa shape index (κ3) is 81.5. The molecular weight excluding hydrogens is 1250 g/mol. The number of hydrogen-bond donors (Lipinski definition) is 0. The van der Waals surface area contributed by atoms with E-state index in [1.165, 1.54) is 0 Å². The van der Waals surface area contributed by atoms with Gasteiger partial charge in [-0.05, 0) is 0 Å². The first-order valence-electron chi connectivity index (χ1n) is 0. The Balaban J connectivity index is 0. The molecule has 0 fully saturated rings. The molecule has 0 unspecified atom stereocenters. The van der Waals surface area contributed by atoms with Gasteiger partial charge in [-0.2, -0.15) is 0 Å². The van der Waals surface area contributed by atoms with E-state index in [9.17, 15) is 0 Å². The average Bonchev–Trinajstić information content (AvgIpc) is 0. The Kier molecular flexibility index (Phi) is 696. The first kappa shape index (κ1) is 101. The summed E-state index contributed by atoms with van der Waals surface area (Å²) in [5.74, 6) is 0. The summed E-state index contributed by atoms with van der Waals surface area (Å²) in [4.78, 5) is 0. The summed E-state index contributed by atoms with van der Waals surface area (Å²) in [5.41, 5.74) is 0. The van der Waals surface area contributed by atoms with Crippen molar-refractivity contribution in [3.8, 4) is 0 Å². The molecule has 0 saturated heterocycles. The molecular formula is Ce2La2Nd2O3Y2Zr2. The van der Waals surface area contributed by atoms with Gasteiger partial charge in [0.2, 0.25) is 0 Å². The van der Waals surface area contributed by atoms with Gasteiger partial charge >= 0.3 is 81.7 Å². The standard InChI is InChI=1S/2Ce.2La.2Nd.3O.2Y.2Zr/q;;;;2*+3;3*-2;;;;. The zero-order valence-corrected chi connectivity index (χ0v) is 37.1. The SMILES string of the molecule is [Ce].[Ce].[La].[La].[Nd+3].[Nd+3].[O-2].[O-2].[O-2].[Y].[Y].[Zr].[Zr]. The van der Waals surface area contributed by atoms with Crippen LogP contribution in [0.1, 0.15) is 0 Å². The zero-order chi connectivity index (χ0) is 0.